The molecule has 6 nitrogen and oxygen atoms in total. The zero-order valence-corrected chi connectivity index (χ0v) is 16.1. The van der Waals surface area contributed by atoms with Gasteiger partial charge in [0.05, 0.1) is 5.25 Å². The molecule has 1 aliphatic carbocycles. The van der Waals surface area contributed by atoms with Crippen molar-refractivity contribution in [2.45, 2.75) is 36.2 Å². The molecule has 1 atom stereocenters. The van der Waals surface area contributed by atoms with Crippen molar-refractivity contribution >= 4 is 23.4 Å². The number of rotatable bonds is 6. The average Bonchev–Trinajstić information content (AvgIpc) is 3.48. The number of carbonyl (C=O) groups is 1. The number of amides is 1. The second kappa shape index (κ2) is 7.52. The number of thioether (sulfide) groups is 1. The first-order valence-electron chi connectivity index (χ1n) is 8.99. The molecule has 0 N–H and O–H groups in total. The predicted molar refractivity (Wildman–Crippen MR) is 107 cm³/mol. The van der Waals surface area contributed by atoms with Gasteiger partial charge in [-0.25, -0.2) is 0 Å². The van der Waals surface area contributed by atoms with E-state index in [0.717, 1.165) is 35.1 Å². The standard InChI is InChI=1S/C20H21N5OS/c1-14(19(26)24(2)16-8-4-3-5-9-16)27-20-23-22-18(25(20)17-10-11-17)15-7-6-12-21-13-15/h3-9,12-14,17H,10-11H2,1-2H3/t14-/m1/s1. The number of hydrogen-bond acceptors (Lipinski definition) is 5. The summed E-state index contributed by atoms with van der Waals surface area (Å²) in [6.45, 7) is 1.92. The van der Waals surface area contributed by atoms with Crippen LogP contribution in [0.3, 0.4) is 0 Å². The Morgan fingerprint density at radius 1 is 1.19 bits per heavy atom. The van der Waals surface area contributed by atoms with Crippen molar-refractivity contribution in [3.63, 3.8) is 0 Å². The molecule has 0 unspecified atom stereocenters. The van der Waals surface area contributed by atoms with Gasteiger partial charge in [-0.05, 0) is 44.0 Å². The normalized spacial score (nSPS) is 14.7. The van der Waals surface area contributed by atoms with Gasteiger partial charge in [-0.15, -0.1) is 10.2 Å². The smallest absolute Gasteiger partial charge is 0.240 e. The molecular weight excluding hydrogens is 358 g/mol. The summed E-state index contributed by atoms with van der Waals surface area (Å²) >= 11 is 1.46. The molecule has 3 aromatic rings. The minimum atomic E-state index is -0.265. The highest BCUT2D eigenvalue weighted by Crippen LogP contribution is 2.41. The number of aromatic nitrogens is 4. The topological polar surface area (TPSA) is 63.9 Å². The van der Waals surface area contributed by atoms with Crippen molar-refractivity contribution in [3.8, 4) is 11.4 Å². The summed E-state index contributed by atoms with van der Waals surface area (Å²) in [7, 11) is 1.81. The van der Waals surface area contributed by atoms with Crippen LogP contribution >= 0.6 is 11.8 Å². The molecule has 1 aromatic carbocycles. The third-order valence-corrected chi connectivity index (χ3v) is 5.64. The maximum Gasteiger partial charge on any atom is 0.240 e. The van der Waals surface area contributed by atoms with E-state index in [1.165, 1.54) is 11.8 Å². The van der Waals surface area contributed by atoms with Gasteiger partial charge in [-0.1, -0.05) is 30.0 Å². The molecule has 27 heavy (non-hydrogen) atoms. The van der Waals surface area contributed by atoms with Gasteiger partial charge in [0.15, 0.2) is 11.0 Å². The molecule has 2 aromatic heterocycles. The fraction of sp³-hybridized carbons (Fsp3) is 0.300. The second-order valence-electron chi connectivity index (χ2n) is 6.64. The lowest BCUT2D eigenvalue weighted by molar-refractivity contribution is -0.117. The Hall–Kier alpha value is -2.67. The molecule has 0 radical (unpaired) electrons. The highest BCUT2D eigenvalue weighted by atomic mass is 32.2. The lowest BCUT2D eigenvalue weighted by atomic mass is 10.3. The minimum absolute atomic E-state index is 0.0412. The fourth-order valence-electron chi connectivity index (χ4n) is 2.97. The Bertz CT molecular complexity index is 924. The summed E-state index contributed by atoms with van der Waals surface area (Å²) in [5, 5.41) is 9.30. The van der Waals surface area contributed by atoms with Crippen LogP contribution in [0.1, 0.15) is 25.8 Å². The van der Waals surface area contributed by atoms with E-state index in [4.69, 9.17) is 0 Å². The second-order valence-corrected chi connectivity index (χ2v) is 7.95. The van der Waals surface area contributed by atoms with Gasteiger partial charge in [0, 0.05) is 36.7 Å². The average molecular weight is 379 g/mol. The van der Waals surface area contributed by atoms with Crippen LogP contribution < -0.4 is 4.90 Å². The zero-order valence-electron chi connectivity index (χ0n) is 15.3. The zero-order chi connectivity index (χ0) is 18.8. The van der Waals surface area contributed by atoms with Gasteiger partial charge >= 0.3 is 0 Å². The molecule has 4 rings (SSSR count). The fourth-order valence-corrected chi connectivity index (χ4v) is 3.98. The summed E-state index contributed by atoms with van der Waals surface area (Å²) < 4.78 is 2.16. The largest absolute Gasteiger partial charge is 0.315 e. The van der Waals surface area contributed by atoms with Gasteiger partial charge in [-0.2, -0.15) is 0 Å². The first-order valence-corrected chi connectivity index (χ1v) is 9.87. The highest BCUT2D eigenvalue weighted by molar-refractivity contribution is 8.00. The van der Waals surface area contributed by atoms with Crippen molar-refractivity contribution in [3.05, 3.63) is 54.9 Å². The van der Waals surface area contributed by atoms with E-state index in [-0.39, 0.29) is 11.2 Å². The Balaban J connectivity index is 1.56. The number of nitrogens with zero attached hydrogens (tertiary/aromatic N) is 5. The number of benzene rings is 1. The number of carbonyl (C=O) groups excluding carboxylic acids is 1. The van der Waals surface area contributed by atoms with Crippen LogP contribution in [0.2, 0.25) is 0 Å². The molecule has 7 heteroatoms. The first-order chi connectivity index (χ1) is 13.1. The summed E-state index contributed by atoms with van der Waals surface area (Å²) in [6, 6.07) is 14.0. The SMILES string of the molecule is C[C@@H](Sc1nnc(-c2cccnc2)n1C1CC1)C(=O)N(C)c1ccccc1. The molecule has 1 amide bonds. The van der Waals surface area contributed by atoms with E-state index >= 15 is 0 Å². The van der Waals surface area contributed by atoms with Crippen molar-refractivity contribution in [1.82, 2.24) is 19.7 Å². The van der Waals surface area contributed by atoms with Crippen LogP contribution in [-0.4, -0.2) is 38.0 Å². The maximum atomic E-state index is 12.9. The molecular formula is C20H21N5OS. The van der Waals surface area contributed by atoms with E-state index in [0.29, 0.717) is 6.04 Å². The molecule has 0 aliphatic heterocycles. The van der Waals surface area contributed by atoms with Gasteiger partial charge in [-0.3, -0.25) is 14.3 Å². The lowest BCUT2D eigenvalue weighted by Crippen LogP contribution is -2.33. The summed E-state index contributed by atoms with van der Waals surface area (Å²) in [5.41, 5.74) is 1.83. The van der Waals surface area contributed by atoms with Crippen LogP contribution in [0.5, 0.6) is 0 Å². The van der Waals surface area contributed by atoms with E-state index in [9.17, 15) is 4.79 Å². The van der Waals surface area contributed by atoms with Crippen LogP contribution in [0, 0.1) is 0 Å². The Kier molecular flexibility index (Phi) is 4.94. The minimum Gasteiger partial charge on any atom is -0.315 e. The third-order valence-electron chi connectivity index (χ3n) is 4.60. The molecule has 2 heterocycles. The van der Waals surface area contributed by atoms with Crippen LogP contribution in [0.15, 0.2) is 60.0 Å². The molecule has 1 saturated carbocycles. The quantitative estimate of drug-likeness (QED) is 0.609. The van der Waals surface area contributed by atoms with Gasteiger partial charge in [0.25, 0.3) is 0 Å². The van der Waals surface area contributed by atoms with E-state index in [1.807, 2.05) is 49.4 Å². The van der Waals surface area contributed by atoms with Crippen molar-refractivity contribution < 1.29 is 4.79 Å². The summed E-state index contributed by atoms with van der Waals surface area (Å²) in [4.78, 5) is 18.7. The predicted octanol–water partition coefficient (Wildman–Crippen LogP) is 3.82. The molecule has 0 saturated heterocycles. The molecule has 0 bridgehead atoms. The van der Waals surface area contributed by atoms with E-state index in [2.05, 4.69) is 19.7 Å². The number of para-hydroxylation sites is 1. The van der Waals surface area contributed by atoms with Gasteiger partial charge < -0.3 is 4.90 Å². The molecule has 1 aliphatic rings. The number of hydrogen-bond donors (Lipinski definition) is 0. The molecule has 0 spiro atoms. The van der Waals surface area contributed by atoms with Gasteiger partial charge in [0.1, 0.15) is 0 Å². The first kappa shape index (κ1) is 17.7. The van der Waals surface area contributed by atoms with Crippen LogP contribution in [-0.2, 0) is 4.79 Å². The van der Waals surface area contributed by atoms with Crippen molar-refractivity contribution in [1.29, 1.82) is 0 Å². The third kappa shape index (κ3) is 3.73. The maximum absolute atomic E-state index is 12.9. The molecule has 138 valence electrons. The highest BCUT2D eigenvalue weighted by Gasteiger charge is 2.32. The summed E-state index contributed by atoms with van der Waals surface area (Å²) in [6.07, 6.45) is 5.78. The van der Waals surface area contributed by atoms with Gasteiger partial charge in [0.2, 0.25) is 5.91 Å². The lowest BCUT2D eigenvalue weighted by Gasteiger charge is -2.21. The molecule has 1 fully saturated rings. The summed E-state index contributed by atoms with van der Waals surface area (Å²) in [5.74, 6) is 0.864. The monoisotopic (exact) mass is 379 g/mol. The van der Waals surface area contributed by atoms with Crippen LogP contribution in [0.4, 0.5) is 5.69 Å². The Morgan fingerprint density at radius 2 is 1.96 bits per heavy atom. The Labute approximate surface area is 162 Å². The number of anilines is 1. The van der Waals surface area contributed by atoms with Crippen molar-refractivity contribution in [2.24, 2.45) is 0 Å². The van der Waals surface area contributed by atoms with Crippen molar-refractivity contribution in [2.75, 3.05) is 11.9 Å². The van der Waals surface area contributed by atoms with E-state index < -0.39 is 0 Å². The number of pyridine rings is 1. The van der Waals surface area contributed by atoms with Crippen LogP contribution in [0.25, 0.3) is 11.4 Å². The Morgan fingerprint density at radius 3 is 2.63 bits per heavy atom. The van der Waals surface area contributed by atoms with E-state index in [1.54, 1.807) is 24.3 Å².